The number of rotatable bonds is 9. The lowest BCUT2D eigenvalue weighted by atomic mass is 10.1. The maximum absolute atomic E-state index is 13.4. The van der Waals surface area contributed by atoms with Gasteiger partial charge in [-0.2, -0.15) is 0 Å². The average molecular weight is 651 g/mol. The first-order valence-corrected chi connectivity index (χ1v) is 15.2. The van der Waals surface area contributed by atoms with Crippen LogP contribution in [0.1, 0.15) is 22.8 Å². The zero-order valence-electron chi connectivity index (χ0n) is 23.2. The monoisotopic (exact) mass is 649 g/mol. The van der Waals surface area contributed by atoms with Crippen molar-refractivity contribution in [2.75, 3.05) is 10.6 Å². The van der Waals surface area contributed by atoms with E-state index in [9.17, 15) is 14.4 Å². The van der Waals surface area contributed by atoms with Crippen LogP contribution in [0.25, 0.3) is 16.8 Å². The van der Waals surface area contributed by atoms with Gasteiger partial charge in [0, 0.05) is 26.3 Å². The molecule has 1 unspecified atom stereocenters. The first-order valence-electron chi connectivity index (χ1n) is 13.6. The Morgan fingerprint density at radius 1 is 0.721 bits per heavy atom. The van der Waals surface area contributed by atoms with E-state index in [0.717, 1.165) is 31.4 Å². The maximum atomic E-state index is 13.4. The van der Waals surface area contributed by atoms with Crippen LogP contribution < -0.4 is 16.0 Å². The van der Waals surface area contributed by atoms with Crippen molar-refractivity contribution in [3.63, 3.8) is 0 Å². The van der Waals surface area contributed by atoms with E-state index < -0.39 is 17.1 Å². The lowest BCUT2D eigenvalue weighted by Gasteiger charge is -2.14. The summed E-state index contributed by atoms with van der Waals surface area (Å²) in [5.41, 5.74) is 2.53. The zero-order valence-corrected chi connectivity index (χ0v) is 25.6. The van der Waals surface area contributed by atoms with Gasteiger partial charge in [0.25, 0.3) is 11.8 Å². The molecule has 43 heavy (non-hydrogen) atoms. The van der Waals surface area contributed by atoms with Crippen LogP contribution in [0.2, 0.25) is 0 Å². The van der Waals surface area contributed by atoms with Gasteiger partial charge in [-0.05, 0) is 83.9 Å². The summed E-state index contributed by atoms with van der Waals surface area (Å²) in [7, 11) is 0. The normalized spacial score (nSPS) is 11.9. The molecule has 8 heteroatoms. The molecule has 214 valence electrons. The number of fused-ring (bicyclic) bond motifs is 1. The molecule has 0 aromatic heterocycles. The number of hydrogen-bond donors (Lipinski definition) is 3. The topological polar surface area (TPSA) is 87.3 Å². The third-order valence-corrected chi connectivity index (χ3v) is 8.07. The van der Waals surface area contributed by atoms with Crippen molar-refractivity contribution in [3.05, 3.63) is 143 Å². The Kier molecular flexibility index (Phi) is 9.71. The molecule has 5 aromatic rings. The van der Waals surface area contributed by atoms with Crippen LogP contribution in [0.5, 0.6) is 0 Å². The van der Waals surface area contributed by atoms with Crippen molar-refractivity contribution in [1.82, 2.24) is 5.32 Å². The van der Waals surface area contributed by atoms with Gasteiger partial charge in [0.2, 0.25) is 5.91 Å². The summed E-state index contributed by atoms with van der Waals surface area (Å²) in [5.74, 6) is -1.00. The third-order valence-electron chi connectivity index (χ3n) is 6.48. The fourth-order valence-corrected chi connectivity index (χ4v) is 5.66. The molecule has 0 fully saturated rings. The Morgan fingerprint density at radius 2 is 1.44 bits per heavy atom. The number of anilines is 2. The summed E-state index contributed by atoms with van der Waals surface area (Å²) in [6.45, 7) is 1.84. The molecule has 5 aromatic carbocycles. The molecule has 3 amide bonds. The number of carbonyl (C=O) groups excluding carboxylic acids is 3. The molecule has 6 nitrogen and oxygen atoms in total. The minimum absolute atomic E-state index is 0.0909. The van der Waals surface area contributed by atoms with E-state index in [1.165, 1.54) is 11.8 Å². The Bertz CT molecular complexity index is 1820. The third kappa shape index (κ3) is 8.22. The highest BCUT2D eigenvalue weighted by molar-refractivity contribution is 9.10. The summed E-state index contributed by atoms with van der Waals surface area (Å²) in [6.07, 6.45) is 1.62. The van der Waals surface area contributed by atoms with E-state index in [1.54, 1.807) is 42.5 Å². The summed E-state index contributed by atoms with van der Waals surface area (Å²) >= 11 is 4.83. The highest BCUT2D eigenvalue weighted by Crippen LogP contribution is 2.27. The van der Waals surface area contributed by atoms with Crippen LogP contribution in [0.3, 0.4) is 0 Å². The molecule has 3 N–H and O–H groups in total. The van der Waals surface area contributed by atoms with Crippen molar-refractivity contribution < 1.29 is 14.4 Å². The average Bonchev–Trinajstić information content (AvgIpc) is 3.01. The van der Waals surface area contributed by atoms with Crippen molar-refractivity contribution in [3.8, 4) is 0 Å². The highest BCUT2D eigenvalue weighted by atomic mass is 79.9. The molecule has 0 spiro atoms. The quantitative estimate of drug-likeness (QED) is 0.111. The van der Waals surface area contributed by atoms with E-state index in [-0.39, 0.29) is 11.6 Å². The number of carbonyl (C=O) groups is 3. The minimum Gasteiger partial charge on any atom is -0.325 e. The first-order chi connectivity index (χ1) is 20.8. The van der Waals surface area contributed by atoms with Crippen LogP contribution >= 0.6 is 27.7 Å². The lowest BCUT2D eigenvalue weighted by Crippen LogP contribution is -2.30. The predicted octanol–water partition coefficient (Wildman–Crippen LogP) is 8.13. The Labute approximate surface area is 262 Å². The SMILES string of the molecule is CC(Sc1cccc(NC(=O)/C(=C\c2cccc(Br)c2)NC(=O)c2ccccc2)c1)C(=O)Nc1ccc2ccccc2c1. The number of hydrogen-bond acceptors (Lipinski definition) is 4. The molecule has 0 saturated carbocycles. The second-order valence-electron chi connectivity index (χ2n) is 9.73. The van der Waals surface area contributed by atoms with Crippen molar-refractivity contribution in [2.24, 2.45) is 0 Å². The summed E-state index contributed by atoms with van der Waals surface area (Å²) < 4.78 is 0.846. The molecule has 0 aliphatic carbocycles. The van der Waals surface area contributed by atoms with Crippen LogP contribution in [0.15, 0.2) is 136 Å². The fraction of sp³-hybridized carbons (Fsp3) is 0.0571. The fourth-order valence-electron chi connectivity index (χ4n) is 4.32. The number of benzene rings is 5. The van der Waals surface area contributed by atoms with Crippen molar-refractivity contribution in [1.29, 1.82) is 0 Å². The van der Waals surface area contributed by atoms with E-state index in [1.807, 2.05) is 91.9 Å². The second-order valence-corrected chi connectivity index (χ2v) is 12.1. The Hall–Kier alpha value is -4.66. The molecule has 0 saturated heterocycles. The number of halogens is 1. The van der Waals surface area contributed by atoms with Crippen molar-refractivity contribution >= 4 is 73.6 Å². The second kappa shape index (κ2) is 14.0. The van der Waals surface area contributed by atoms with E-state index in [0.29, 0.717) is 11.3 Å². The molecule has 0 aliphatic heterocycles. The number of thioether (sulfide) groups is 1. The minimum atomic E-state index is -0.478. The van der Waals surface area contributed by atoms with Crippen LogP contribution in [-0.2, 0) is 9.59 Å². The highest BCUT2D eigenvalue weighted by Gasteiger charge is 2.17. The van der Waals surface area contributed by atoms with Gasteiger partial charge in [-0.15, -0.1) is 11.8 Å². The molecule has 1 atom stereocenters. The molecule has 0 aliphatic rings. The summed E-state index contributed by atoms with van der Waals surface area (Å²) in [6, 6.07) is 37.2. The first kappa shape index (κ1) is 29.8. The van der Waals surface area contributed by atoms with Gasteiger partial charge < -0.3 is 16.0 Å². The van der Waals surface area contributed by atoms with E-state index in [2.05, 4.69) is 31.9 Å². The van der Waals surface area contributed by atoms with Gasteiger partial charge in [-0.1, -0.05) is 82.7 Å². The molecule has 0 radical (unpaired) electrons. The van der Waals surface area contributed by atoms with E-state index in [4.69, 9.17) is 0 Å². The van der Waals surface area contributed by atoms with Gasteiger partial charge in [0.1, 0.15) is 5.70 Å². The van der Waals surface area contributed by atoms with E-state index >= 15 is 0 Å². The van der Waals surface area contributed by atoms with Gasteiger partial charge in [-0.3, -0.25) is 14.4 Å². The van der Waals surface area contributed by atoms with Crippen LogP contribution in [0.4, 0.5) is 11.4 Å². The summed E-state index contributed by atoms with van der Waals surface area (Å²) in [5, 5.41) is 10.4. The molecule has 0 heterocycles. The standard InChI is InChI=1S/C35H28BrN3O3S/c1-23(33(40)37-30-18-17-25-10-5-6-13-27(25)21-30)43-31-16-8-15-29(22-31)38-35(42)32(20-24-9-7-14-28(36)19-24)39-34(41)26-11-3-2-4-12-26/h2-23H,1H3,(H,37,40)(H,38,42)(H,39,41)/b32-20+. The Balaban J connectivity index is 1.28. The molecular formula is C35H28BrN3O3S. The zero-order chi connectivity index (χ0) is 30.2. The lowest BCUT2D eigenvalue weighted by molar-refractivity contribution is -0.115. The van der Waals surface area contributed by atoms with Crippen molar-refractivity contribution in [2.45, 2.75) is 17.1 Å². The molecule has 5 rings (SSSR count). The van der Waals surface area contributed by atoms with Crippen LogP contribution in [-0.4, -0.2) is 23.0 Å². The number of amides is 3. The maximum Gasteiger partial charge on any atom is 0.272 e. The van der Waals surface area contributed by atoms with Gasteiger partial charge in [-0.25, -0.2) is 0 Å². The van der Waals surface area contributed by atoms with Gasteiger partial charge in [0.15, 0.2) is 0 Å². The number of nitrogens with one attached hydrogen (secondary N) is 3. The largest absolute Gasteiger partial charge is 0.325 e. The van der Waals surface area contributed by atoms with Gasteiger partial charge >= 0.3 is 0 Å². The molecular weight excluding hydrogens is 622 g/mol. The smallest absolute Gasteiger partial charge is 0.272 e. The van der Waals surface area contributed by atoms with Gasteiger partial charge in [0.05, 0.1) is 5.25 Å². The predicted molar refractivity (Wildman–Crippen MR) is 179 cm³/mol. The Morgan fingerprint density at radius 3 is 2.23 bits per heavy atom. The molecule has 0 bridgehead atoms. The summed E-state index contributed by atoms with van der Waals surface area (Å²) in [4.78, 5) is 40.1. The van der Waals surface area contributed by atoms with Crippen LogP contribution in [0, 0.1) is 0 Å².